The Hall–Kier alpha value is -1.88. The molecule has 5 nitrogen and oxygen atoms in total. The van der Waals surface area contributed by atoms with Crippen molar-refractivity contribution in [2.24, 2.45) is 5.73 Å². The van der Waals surface area contributed by atoms with E-state index in [1.54, 1.807) is 12.5 Å². The number of anilines is 1. The van der Waals surface area contributed by atoms with Crippen molar-refractivity contribution in [3.63, 3.8) is 0 Å². The molecule has 0 fully saturated rings. The highest BCUT2D eigenvalue weighted by molar-refractivity contribution is 5.48. The number of aromatic nitrogens is 2. The maximum atomic E-state index is 5.80. The number of nitrogens with two attached hydrogens (primary N) is 1. The summed E-state index contributed by atoms with van der Waals surface area (Å²) < 4.78 is 5.08. The normalized spacial score (nSPS) is 11.0. The second-order valence-corrected chi connectivity index (χ2v) is 4.91. The molecular weight excluding hydrogens is 240 g/mol. The Bertz CT molecular complexity index is 522. The van der Waals surface area contributed by atoms with Gasteiger partial charge in [-0.3, -0.25) is 0 Å². The van der Waals surface area contributed by atoms with Gasteiger partial charge in [0.15, 0.2) is 0 Å². The topological polar surface area (TPSA) is 68.2 Å². The van der Waals surface area contributed by atoms with E-state index in [0.29, 0.717) is 12.5 Å². The van der Waals surface area contributed by atoms with Crippen LogP contribution in [0.3, 0.4) is 0 Å². The zero-order chi connectivity index (χ0) is 13.8. The summed E-state index contributed by atoms with van der Waals surface area (Å²) >= 11 is 0. The predicted molar refractivity (Wildman–Crippen MR) is 74.8 cm³/mol. The molecule has 0 atom stereocenters. The zero-order valence-electron chi connectivity index (χ0n) is 11.6. The van der Waals surface area contributed by atoms with Crippen LogP contribution in [0, 0.1) is 0 Å². The number of hydrogen-bond acceptors (Lipinski definition) is 5. The van der Waals surface area contributed by atoms with Gasteiger partial charge in [-0.15, -0.1) is 0 Å². The van der Waals surface area contributed by atoms with Crippen molar-refractivity contribution >= 4 is 5.69 Å². The number of rotatable bonds is 5. The van der Waals surface area contributed by atoms with Gasteiger partial charge in [0.2, 0.25) is 0 Å². The largest absolute Gasteiger partial charge is 0.472 e. The maximum absolute atomic E-state index is 5.80. The molecule has 0 radical (unpaired) electrons. The van der Waals surface area contributed by atoms with E-state index in [4.69, 9.17) is 10.2 Å². The third-order valence-corrected chi connectivity index (χ3v) is 2.99. The van der Waals surface area contributed by atoms with Gasteiger partial charge < -0.3 is 15.1 Å². The van der Waals surface area contributed by atoms with Gasteiger partial charge in [0.25, 0.3) is 0 Å². The van der Waals surface area contributed by atoms with Gasteiger partial charge in [-0.25, -0.2) is 9.97 Å². The average molecular weight is 260 g/mol. The fraction of sp³-hybridized carbons (Fsp3) is 0.429. The van der Waals surface area contributed by atoms with Crippen LogP contribution in [-0.2, 0) is 13.1 Å². The third-order valence-electron chi connectivity index (χ3n) is 2.99. The Labute approximate surface area is 113 Å². The monoisotopic (exact) mass is 260 g/mol. The Morgan fingerprint density at radius 2 is 2.21 bits per heavy atom. The molecule has 0 aliphatic heterocycles. The van der Waals surface area contributed by atoms with Crippen LogP contribution in [0.2, 0.25) is 0 Å². The molecule has 0 bridgehead atoms. The standard InChI is InChI=1S/C14H20N4O/c1-10(2)14-16-7-13(12(6-15)17-14)18(3)8-11-4-5-19-9-11/h4-5,7,9-10H,6,8,15H2,1-3H3. The molecule has 2 N–H and O–H groups in total. The lowest BCUT2D eigenvalue weighted by molar-refractivity contribution is 0.563. The molecule has 0 unspecified atom stereocenters. The molecule has 2 heterocycles. The van der Waals surface area contributed by atoms with E-state index < -0.39 is 0 Å². The Morgan fingerprint density at radius 3 is 2.79 bits per heavy atom. The first-order valence-corrected chi connectivity index (χ1v) is 6.40. The lowest BCUT2D eigenvalue weighted by Gasteiger charge is -2.21. The summed E-state index contributed by atoms with van der Waals surface area (Å²) in [5, 5.41) is 0. The van der Waals surface area contributed by atoms with Gasteiger partial charge in [-0.1, -0.05) is 13.8 Å². The van der Waals surface area contributed by atoms with Gasteiger partial charge in [0.1, 0.15) is 5.82 Å². The van der Waals surface area contributed by atoms with Crippen LogP contribution in [0.25, 0.3) is 0 Å². The van der Waals surface area contributed by atoms with Gasteiger partial charge in [-0.05, 0) is 6.07 Å². The fourth-order valence-electron chi connectivity index (χ4n) is 1.92. The van der Waals surface area contributed by atoms with Gasteiger partial charge >= 0.3 is 0 Å². The summed E-state index contributed by atoms with van der Waals surface area (Å²) in [6, 6.07) is 1.95. The average Bonchev–Trinajstić information content (AvgIpc) is 2.90. The number of nitrogens with zero attached hydrogens (tertiary/aromatic N) is 3. The molecule has 0 aromatic carbocycles. The lowest BCUT2D eigenvalue weighted by atomic mass is 10.2. The molecule has 0 spiro atoms. The Balaban J connectivity index is 2.23. The molecule has 2 rings (SSSR count). The fourth-order valence-corrected chi connectivity index (χ4v) is 1.92. The number of furan rings is 1. The molecule has 0 saturated heterocycles. The van der Waals surface area contributed by atoms with Crippen molar-refractivity contribution < 1.29 is 4.42 Å². The van der Waals surface area contributed by atoms with Crippen LogP contribution in [0.1, 0.15) is 36.8 Å². The zero-order valence-corrected chi connectivity index (χ0v) is 11.6. The van der Waals surface area contributed by atoms with E-state index in [-0.39, 0.29) is 0 Å². The van der Waals surface area contributed by atoms with Crippen LogP contribution in [0.4, 0.5) is 5.69 Å². The van der Waals surface area contributed by atoms with E-state index in [0.717, 1.165) is 29.3 Å². The van der Waals surface area contributed by atoms with Crippen molar-refractivity contribution in [3.8, 4) is 0 Å². The molecule has 0 amide bonds. The van der Waals surface area contributed by atoms with Crippen LogP contribution in [0.15, 0.2) is 29.2 Å². The third kappa shape index (κ3) is 3.12. The summed E-state index contributed by atoms with van der Waals surface area (Å²) in [5.41, 5.74) is 8.75. The van der Waals surface area contributed by atoms with Crippen LogP contribution < -0.4 is 10.6 Å². The quantitative estimate of drug-likeness (QED) is 0.893. The second-order valence-electron chi connectivity index (χ2n) is 4.91. The summed E-state index contributed by atoms with van der Waals surface area (Å²) in [6.45, 7) is 5.30. The molecule has 0 aliphatic rings. The molecule has 102 valence electrons. The molecule has 0 saturated carbocycles. The molecular formula is C14H20N4O. The van der Waals surface area contributed by atoms with Crippen molar-refractivity contribution in [2.75, 3.05) is 11.9 Å². The van der Waals surface area contributed by atoms with Gasteiger partial charge in [0.05, 0.1) is 30.1 Å². The first-order valence-electron chi connectivity index (χ1n) is 6.40. The Morgan fingerprint density at radius 1 is 1.42 bits per heavy atom. The highest BCUT2D eigenvalue weighted by Crippen LogP contribution is 2.20. The summed E-state index contributed by atoms with van der Waals surface area (Å²) in [6.07, 6.45) is 5.26. The molecule has 0 aliphatic carbocycles. The predicted octanol–water partition coefficient (Wildman–Crippen LogP) is 2.29. The Kier molecular flexibility index (Phi) is 4.16. The second kappa shape index (κ2) is 5.84. The van der Waals surface area contributed by atoms with Crippen molar-refractivity contribution in [2.45, 2.75) is 32.9 Å². The van der Waals surface area contributed by atoms with Crippen molar-refractivity contribution in [1.29, 1.82) is 0 Å². The number of hydrogen-bond donors (Lipinski definition) is 1. The minimum absolute atomic E-state index is 0.304. The van der Waals surface area contributed by atoms with Crippen LogP contribution in [0.5, 0.6) is 0 Å². The molecule has 19 heavy (non-hydrogen) atoms. The molecule has 2 aromatic heterocycles. The summed E-state index contributed by atoms with van der Waals surface area (Å²) in [7, 11) is 2.00. The van der Waals surface area contributed by atoms with Crippen LogP contribution in [-0.4, -0.2) is 17.0 Å². The minimum Gasteiger partial charge on any atom is -0.472 e. The van der Waals surface area contributed by atoms with Gasteiger partial charge in [-0.2, -0.15) is 0 Å². The van der Waals surface area contributed by atoms with E-state index >= 15 is 0 Å². The van der Waals surface area contributed by atoms with Gasteiger partial charge in [0, 0.05) is 31.6 Å². The van der Waals surface area contributed by atoms with Crippen LogP contribution >= 0.6 is 0 Å². The smallest absolute Gasteiger partial charge is 0.131 e. The first kappa shape index (κ1) is 13.5. The first-order chi connectivity index (χ1) is 9.11. The maximum Gasteiger partial charge on any atom is 0.131 e. The highest BCUT2D eigenvalue weighted by Gasteiger charge is 2.12. The van der Waals surface area contributed by atoms with E-state index in [1.165, 1.54) is 0 Å². The highest BCUT2D eigenvalue weighted by atomic mass is 16.3. The lowest BCUT2D eigenvalue weighted by Crippen LogP contribution is -2.20. The van der Waals surface area contributed by atoms with Crippen molar-refractivity contribution in [3.05, 3.63) is 41.9 Å². The molecule has 2 aromatic rings. The van der Waals surface area contributed by atoms with Crippen molar-refractivity contribution in [1.82, 2.24) is 9.97 Å². The SMILES string of the molecule is CC(C)c1ncc(N(C)Cc2ccoc2)c(CN)n1. The van der Waals surface area contributed by atoms with E-state index in [1.807, 2.05) is 19.3 Å². The van der Waals surface area contributed by atoms with E-state index in [2.05, 4.69) is 28.7 Å². The summed E-state index contributed by atoms with van der Waals surface area (Å²) in [4.78, 5) is 11.0. The minimum atomic E-state index is 0.304. The van der Waals surface area contributed by atoms with E-state index in [9.17, 15) is 0 Å². The summed E-state index contributed by atoms with van der Waals surface area (Å²) in [5.74, 6) is 1.14. The molecule has 5 heteroatoms.